The summed E-state index contributed by atoms with van der Waals surface area (Å²) in [6.07, 6.45) is 0.304. The number of carbonyl (C=O) groups excluding carboxylic acids is 1. The van der Waals surface area contributed by atoms with Gasteiger partial charge in [0.1, 0.15) is 0 Å². The summed E-state index contributed by atoms with van der Waals surface area (Å²) in [5.74, 6) is -2.80. The van der Waals surface area contributed by atoms with Crippen LogP contribution in [0.4, 0.5) is 5.69 Å². The van der Waals surface area contributed by atoms with E-state index in [2.05, 4.69) is 5.32 Å². The molecule has 2 aromatic carbocycles. The molecule has 0 aromatic heterocycles. The molecule has 1 amide bonds. The second-order valence-electron chi connectivity index (χ2n) is 6.32. The summed E-state index contributed by atoms with van der Waals surface area (Å²) in [4.78, 5) is 24.2. The van der Waals surface area contributed by atoms with Crippen molar-refractivity contribution in [2.45, 2.75) is 27.2 Å². The average Bonchev–Trinajstić information content (AvgIpc) is 2.57. The molecule has 0 aliphatic heterocycles. The maximum atomic E-state index is 12.5. The van der Waals surface area contributed by atoms with E-state index < -0.39 is 17.8 Å². The van der Waals surface area contributed by atoms with Crippen LogP contribution in [0, 0.1) is 25.7 Å². The Balaban J connectivity index is 2.14. The van der Waals surface area contributed by atoms with Gasteiger partial charge in [0.05, 0.1) is 5.92 Å². The van der Waals surface area contributed by atoms with Gasteiger partial charge in [0.15, 0.2) is 0 Å². The number of carboxylic acids is 1. The highest BCUT2D eigenvalue weighted by molar-refractivity contribution is 6.31. The summed E-state index contributed by atoms with van der Waals surface area (Å²) in [7, 11) is 0. The SMILES string of the molecule is Cc1ccc(C[C@@H](C(=O)O)[C@H](C)C(=O)Nc2cccc(Cl)c2C)cc1. The number of benzene rings is 2. The number of aliphatic carboxylic acids is 1. The largest absolute Gasteiger partial charge is 0.481 e. The zero-order valence-electron chi connectivity index (χ0n) is 14.5. The molecule has 5 heteroatoms. The van der Waals surface area contributed by atoms with Crippen LogP contribution >= 0.6 is 11.6 Å². The molecule has 0 fully saturated rings. The van der Waals surface area contributed by atoms with Crippen molar-refractivity contribution in [2.24, 2.45) is 11.8 Å². The number of hydrogen-bond donors (Lipinski definition) is 2. The maximum Gasteiger partial charge on any atom is 0.307 e. The number of amides is 1. The minimum atomic E-state index is -0.981. The first kappa shape index (κ1) is 19.0. The van der Waals surface area contributed by atoms with Crippen LogP contribution in [0.15, 0.2) is 42.5 Å². The lowest BCUT2D eigenvalue weighted by Gasteiger charge is -2.20. The van der Waals surface area contributed by atoms with Gasteiger partial charge in [0, 0.05) is 16.6 Å². The van der Waals surface area contributed by atoms with E-state index in [0.29, 0.717) is 17.1 Å². The van der Waals surface area contributed by atoms with Gasteiger partial charge in [-0.3, -0.25) is 9.59 Å². The van der Waals surface area contributed by atoms with Crippen LogP contribution in [0.1, 0.15) is 23.6 Å². The third-order valence-corrected chi connectivity index (χ3v) is 4.85. The van der Waals surface area contributed by atoms with Crippen molar-refractivity contribution in [1.82, 2.24) is 0 Å². The van der Waals surface area contributed by atoms with Gasteiger partial charge in [-0.15, -0.1) is 0 Å². The van der Waals surface area contributed by atoms with Crippen molar-refractivity contribution in [3.8, 4) is 0 Å². The molecule has 0 bridgehead atoms. The lowest BCUT2D eigenvalue weighted by molar-refractivity contribution is -0.145. The van der Waals surface area contributed by atoms with E-state index >= 15 is 0 Å². The Hall–Kier alpha value is -2.33. The monoisotopic (exact) mass is 359 g/mol. The summed E-state index contributed by atoms with van der Waals surface area (Å²) < 4.78 is 0. The number of carbonyl (C=O) groups is 2. The van der Waals surface area contributed by atoms with Gasteiger partial charge in [-0.1, -0.05) is 54.4 Å². The van der Waals surface area contributed by atoms with Gasteiger partial charge >= 0.3 is 5.97 Å². The number of nitrogens with one attached hydrogen (secondary N) is 1. The number of carboxylic acid groups (broad SMARTS) is 1. The van der Waals surface area contributed by atoms with Crippen molar-refractivity contribution >= 4 is 29.2 Å². The summed E-state index contributed by atoms with van der Waals surface area (Å²) in [6.45, 7) is 5.42. The van der Waals surface area contributed by atoms with E-state index in [1.54, 1.807) is 25.1 Å². The van der Waals surface area contributed by atoms with Crippen LogP contribution in [-0.4, -0.2) is 17.0 Å². The molecule has 4 nitrogen and oxygen atoms in total. The first-order valence-corrected chi connectivity index (χ1v) is 8.51. The first-order chi connectivity index (χ1) is 11.8. The van der Waals surface area contributed by atoms with Gasteiger partial charge in [-0.2, -0.15) is 0 Å². The number of anilines is 1. The van der Waals surface area contributed by atoms with Gasteiger partial charge in [-0.25, -0.2) is 0 Å². The van der Waals surface area contributed by atoms with Crippen molar-refractivity contribution in [3.63, 3.8) is 0 Å². The van der Waals surface area contributed by atoms with Crippen molar-refractivity contribution < 1.29 is 14.7 Å². The predicted octanol–water partition coefficient (Wildman–Crippen LogP) is 4.47. The van der Waals surface area contributed by atoms with Crippen LogP contribution in [0.2, 0.25) is 5.02 Å². The third kappa shape index (κ3) is 4.83. The fourth-order valence-electron chi connectivity index (χ4n) is 2.63. The number of hydrogen-bond acceptors (Lipinski definition) is 2. The smallest absolute Gasteiger partial charge is 0.307 e. The molecule has 0 spiro atoms. The topological polar surface area (TPSA) is 66.4 Å². The minimum absolute atomic E-state index is 0.304. The molecule has 0 radical (unpaired) electrons. The number of halogens is 1. The lowest BCUT2D eigenvalue weighted by atomic mass is 9.87. The molecule has 0 unspecified atom stereocenters. The van der Waals surface area contributed by atoms with Crippen LogP contribution in [0.3, 0.4) is 0 Å². The van der Waals surface area contributed by atoms with Gasteiger partial charge < -0.3 is 10.4 Å². The van der Waals surface area contributed by atoms with Gasteiger partial charge in [0.2, 0.25) is 5.91 Å². The zero-order chi connectivity index (χ0) is 18.6. The van der Waals surface area contributed by atoms with Gasteiger partial charge in [-0.05, 0) is 43.5 Å². The standard InChI is InChI=1S/C20H22ClNO3/c1-12-7-9-15(10-8-12)11-16(20(24)25)13(2)19(23)22-18-6-4-5-17(21)14(18)3/h4-10,13,16H,11H2,1-3H3,(H,22,23)(H,24,25)/t13-,16+/m0/s1. The molecular formula is C20H22ClNO3. The average molecular weight is 360 g/mol. The van der Waals surface area contributed by atoms with Crippen molar-refractivity contribution in [2.75, 3.05) is 5.32 Å². The Bertz CT molecular complexity index is 771. The van der Waals surface area contributed by atoms with Crippen LogP contribution in [0.25, 0.3) is 0 Å². The molecule has 0 aliphatic rings. The number of aryl methyl sites for hydroxylation is 1. The Morgan fingerprint density at radius 1 is 1.12 bits per heavy atom. The molecule has 0 heterocycles. The van der Waals surface area contributed by atoms with E-state index in [1.165, 1.54) is 0 Å². The highest BCUT2D eigenvalue weighted by atomic mass is 35.5. The Kier molecular flexibility index (Phi) is 6.21. The van der Waals surface area contributed by atoms with Crippen LogP contribution < -0.4 is 5.32 Å². The highest BCUT2D eigenvalue weighted by Crippen LogP contribution is 2.25. The van der Waals surface area contributed by atoms with Crippen LogP contribution in [-0.2, 0) is 16.0 Å². The van der Waals surface area contributed by atoms with Crippen LogP contribution in [0.5, 0.6) is 0 Å². The normalized spacial score (nSPS) is 13.1. The highest BCUT2D eigenvalue weighted by Gasteiger charge is 2.30. The molecule has 2 rings (SSSR count). The Morgan fingerprint density at radius 2 is 1.76 bits per heavy atom. The first-order valence-electron chi connectivity index (χ1n) is 8.14. The molecule has 0 saturated carbocycles. The molecule has 2 N–H and O–H groups in total. The molecule has 25 heavy (non-hydrogen) atoms. The van der Waals surface area contributed by atoms with Gasteiger partial charge in [0.25, 0.3) is 0 Å². The Morgan fingerprint density at radius 3 is 2.36 bits per heavy atom. The minimum Gasteiger partial charge on any atom is -0.481 e. The van der Waals surface area contributed by atoms with Crippen molar-refractivity contribution in [3.05, 3.63) is 64.2 Å². The fourth-order valence-corrected chi connectivity index (χ4v) is 2.80. The predicted molar refractivity (Wildman–Crippen MR) is 100.0 cm³/mol. The van der Waals surface area contributed by atoms with E-state index in [1.807, 2.05) is 38.1 Å². The molecule has 132 valence electrons. The zero-order valence-corrected chi connectivity index (χ0v) is 15.3. The number of rotatable bonds is 6. The summed E-state index contributed by atoms with van der Waals surface area (Å²) >= 11 is 6.06. The van der Waals surface area contributed by atoms with E-state index in [0.717, 1.165) is 16.7 Å². The molecular weight excluding hydrogens is 338 g/mol. The molecule has 0 aliphatic carbocycles. The maximum absolute atomic E-state index is 12.5. The molecule has 2 aromatic rings. The van der Waals surface area contributed by atoms with E-state index in [9.17, 15) is 14.7 Å². The van der Waals surface area contributed by atoms with Crippen molar-refractivity contribution in [1.29, 1.82) is 0 Å². The summed E-state index contributed by atoms with van der Waals surface area (Å²) in [5.41, 5.74) is 3.37. The Labute approximate surface area is 152 Å². The lowest BCUT2D eigenvalue weighted by Crippen LogP contribution is -2.33. The fraction of sp³-hybridized carbons (Fsp3) is 0.300. The quantitative estimate of drug-likeness (QED) is 0.799. The molecule has 2 atom stereocenters. The van der Waals surface area contributed by atoms with E-state index in [4.69, 9.17) is 11.6 Å². The second-order valence-corrected chi connectivity index (χ2v) is 6.73. The summed E-state index contributed by atoms with van der Waals surface area (Å²) in [6, 6.07) is 12.9. The molecule has 0 saturated heterocycles. The third-order valence-electron chi connectivity index (χ3n) is 4.44. The summed E-state index contributed by atoms with van der Waals surface area (Å²) in [5, 5.41) is 12.9. The second kappa shape index (κ2) is 8.17. The van der Waals surface area contributed by atoms with E-state index in [-0.39, 0.29) is 5.91 Å².